The van der Waals surface area contributed by atoms with Crippen molar-refractivity contribution >= 4 is 11.8 Å². The monoisotopic (exact) mass is 444 g/mol. The number of carbonyl (C=O) groups excluding carboxylic acids is 2. The van der Waals surface area contributed by atoms with Gasteiger partial charge in [0.15, 0.2) is 0 Å². The third-order valence-corrected chi connectivity index (χ3v) is 4.40. The number of carbonyl (C=O) groups is 2. The maximum Gasteiger partial charge on any atom is 0.309 e. The van der Waals surface area contributed by atoms with E-state index in [-0.39, 0.29) is 41.8 Å². The van der Waals surface area contributed by atoms with Crippen molar-refractivity contribution < 1.29 is 23.5 Å². The van der Waals surface area contributed by atoms with Gasteiger partial charge in [-0.2, -0.15) is 0 Å². The number of nitrogens with one attached hydrogen (secondary N) is 3. The molecule has 0 aliphatic rings. The van der Waals surface area contributed by atoms with Gasteiger partial charge in [-0.1, -0.05) is 12.1 Å². The Bertz CT molecular complexity index is 1170. The number of aryl methyl sites for hydroxylation is 1. The minimum absolute atomic E-state index is 0.0733. The summed E-state index contributed by atoms with van der Waals surface area (Å²) < 4.78 is 18.1. The normalized spacial score (nSPS) is 11.8. The first-order valence-corrected chi connectivity index (χ1v) is 9.63. The molecule has 0 aliphatic carbocycles. The molecule has 0 aliphatic heterocycles. The van der Waals surface area contributed by atoms with Gasteiger partial charge in [-0.25, -0.2) is 9.37 Å². The van der Waals surface area contributed by atoms with E-state index in [1.54, 1.807) is 13.8 Å². The smallest absolute Gasteiger partial charge is 0.309 e. The van der Waals surface area contributed by atoms with Crippen LogP contribution < -0.4 is 16.2 Å². The second kappa shape index (κ2) is 9.92. The van der Waals surface area contributed by atoms with E-state index in [1.165, 1.54) is 24.3 Å². The average Bonchev–Trinajstić information content (AvgIpc) is 3.19. The number of aromatic amines is 1. The van der Waals surface area contributed by atoms with Crippen molar-refractivity contribution in [3.05, 3.63) is 74.9 Å². The Labute approximate surface area is 181 Å². The topological polar surface area (TPSA) is 163 Å². The molecule has 2 aromatic heterocycles. The van der Waals surface area contributed by atoms with Gasteiger partial charge in [-0.15, -0.1) is 10.2 Å². The number of halogens is 1. The van der Waals surface area contributed by atoms with Crippen molar-refractivity contribution in [2.45, 2.75) is 39.5 Å². The van der Waals surface area contributed by atoms with Crippen LogP contribution in [0.1, 0.15) is 50.9 Å². The van der Waals surface area contributed by atoms with Crippen LogP contribution in [0.5, 0.6) is 0 Å². The van der Waals surface area contributed by atoms with Crippen molar-refractivity contribution in [3.8, 4) is 0 Å². The lowest BCUT2D eigenvalue weighted by atomic mass is 10.1. The van der Waals surface area contributed by atoms with E-state index in [9.17, 15) is 23.9 Å². The van der Waals surface area contributed by atoms with Gasteiger partial charge in [0.2, 0.25) is 5.89 Å². The molecule has 1 unspecified atom stereocenters. The van der Waals surface area contributed by atoms with Crippen LogP contribution in [-0.4, -0.2) is 43.1 Å². The molecule has 32 heavy (non-hydrogen) atoms. The number of hydrogen-bond acceptors (Lipinski definition) is 8. The molecule has 1 atom stereocenters. The van der Waals surface area contributed by atoms with Gasteiger partial charge in [-0.3, -0.25) is 14.4 Å². The molecule has 2 heterocycles. The predicted octanol–water partition coefficient (Wildman–Crippen LogP) is 0.384. The zero-order valence-corrected chi connectivity index (χ0v) is 17.3. The van der Waals surface area contributed by atoms with Gasteiger partial charge in [0, 0.05) is 25.9 Å². The van der Waals surface area contributed by atoms with Crippen LogP contribution in [-0.2, 0) is 19.6 Å². The van der Waals surface area contributed by atoms with E-state index in [0.29, 0.717) is 5.56 Å². The molecule has 1 aromatic carbocycles. The van der Waals surface area contributed by atoms with E-state index < -0.39 is 35.8 Å². The Balaban J connectivity index is 1.72. The molecule has 3 rings (SSSR count). The SMILES string of the molecule is Cc1nnc(C(=O)NC(C)Cc2nc(C(=O)NCc3ccc(F)cc3)c(CO)c(=O)[nH]2)o1. The first-order chi connectivity index (χ1) is 15.3. The molecule has 3 aromatic rings. The second-order valence-corrected chi connectivity index (χ2v) is 7.01. The number of aliphatic hydroxyl groups excluding tert-OH is 1. The van der Waals surface area contributed by atoms with E-state index in [1.807, 2.05) is 0 Å². The molecule has 0 radical (unpaired) electrons. The first kappa shape index (κ1) is 22.7. The summed E-state index contributed by atoms with van der Waals surface area (Å²) in [4.78, 5) is 43.7. The van der Waals surface area contributed by atoms with Gasteiger partial charge in [-0.05, 0) is 24.6 Å². The third-order valence-electron chi connectivity index (χ3n) is 4.40. The van der Waals surface area contributed by atoms with Crippen molar-refractivity contribution in [2.75, 3.05) is 0 Å². The quantitative estimate of drug-likeness (QED) is 0.387. The van der Waals surface area contributed by atoms with E-state index >= 15 is 0 Å². The summed E-state index contributed by atoms with van der Waals surface area (Å²) in [6.45, 7) is 2.59. The number of amides is 2. The number of aliphatic hydroxyl groups is 1. The predicted molar refractivity (Wildman–Crippen MR) is 108 cm³/mol. The molecule has 11 nitrogen and oxygen atoms in total. The lowest BCUT2D eigenvalue weighted by Gasteiger charge is -2.14. The Morgan fingerprint density at radius 3 is 2.56 bits per heavy atom. The highest BCUT2D eigenvalue weighted by molar-refractivity contribution is 5.93. The van der Waals surface area contributed by atoms with Gasteiger partial charge < -0.3 is 25.1 Å². The Kier molecular flexibility index (Phi) is 7.05. The molecular weight excluding hydrogens is 423 g/mol. The Hall–Kier alpha value is -3.93. The molecule has 12 heteroatoms. The zero-order valence-electron chi connectivity index (χ0n) is 17.3. The summed E-state index contributed by atoms with van der Waals surface area (Å²) in [7, 11) is 0. The van der Waals surface area contributed by atoms with E-state index in [4.69, 9.17) is 4.42 Å². The fourth-order valence-corrected chi connectivity index (χ4v) is 2.86. The van der Waals surface area contributed by atoms with Crippen molar-refractivity contribution in [1.82, 2.24) is 30.8 Å². The summed E-state index contributed by atoms with van der Waals surface area (Å²) in [5, 5.41) is 21.9. The molecule has 2 amide bonds. The summed E-state index contributed by atoms with van der Waals surface area (Å²) in [6, 6.07) is 5.03. The summed E-state index contributed by atoms with van der Waals surface area (Å²) in [6.07, 6.45) is 0.0814. The van der Waals surface area contributed by atoms with Gasteiger partial charge in [0.1, 0.15) is 17.3 Å². The number of nitrogens with zero attached hydrogens (tertiary/aromatic N) is 3. The van der Waals surface area contributed by atoms with E-state index in [0.717, 1.165) is 0 Å². The van der Waals surface area contributed by atoms with Crippen LogP contribution in [0.25, 0.3) is 0 Å². The molecule has 0 saturated carbocycles. The molecule has 0 saturated heterocycles. The maximum absolute atomic E-state index is 13.0. The van der Waals surface area contributed by atoms with Crippen LogP contribution in [0.15, 0.2) is 33.5 Å². The van der Waals surface area contributed by atoms with Crippen molar-refractivity contribution in [1.29, 1.82) is 0 Å². The highest BCUT2D eigenvalue weighted by Gasteiger charge is 2.20. The maximum atomic E-state index is 13.0. The molecular formula is C20H21FN6O5. The highest BCUT2D eigenvalue weighted by atomic mass is 19.1. The highest BCUT2D eigenvalue weighted by Crippen LogP contribution is 2.07. The average molecular weight is 444 g/mol. The number of hydrogen-bond donors (Lipinski definition) is 4. The lowest BCUT2D eigenvalue weighted by molar-refractivity contribution is 0.0900. The molecule has 0 fully saturated rings. The Morgan fingerprint density at radius 2 is 1.94 bits per heavy atom. The fraction of sp³-hybridized carbons (Fsp3) is 0.300. The second-order valence-electron chi connectivity index (χ2n) is 7.01. The molecule has 0 spiro atoms. The first-order valence-electron chi connectivity index (χ1n) is 9.63. The van der Waals surface area contributed by atoms with Crippen LogP contribution in [0.2, 0.25) is 0 Å². The van der Waals surface area contributed by atoms with Crippen LogP contribution in [0.3, 0.4) is 0 Å². The summed E-state index contributed by atoms with van der Waals surface area (Å²) >= 11 is 0. The summed E-state index contributed by atoms with van der Waals surface area (Å²) in [5.74, 6) is -1.50. The van der Waals surface area contributed by atoms with Crippen molar-refractivity contribution in [2.24, 2.45) is 0 Å². The number of rotatable bonds is 8. The lowest BCUT2D eigenvalue weighted by Crippen LogP contribution is -2.36. The van der Waals surface area contributed by atoms with Crippen LogP contribution in [0.4, 0.5) is 4.39 Å². The number of aromatic nitrogens is 4. The Morgan fingerprint density at radius 1 is 1.22 bits per heavy atom. The molecule has 0 bridgehead atoms. The standard InChI is InChI=1S/C20H21FN6O5/c1-10(23-19(31)20-27-26-11(2)32-20)7-15-24-16(14(9-28)17(29)25-15)18(30)22-8-12-3-5-13(21)6-4-12/h3-6,10,28H,7-9H2,1-2H3,(H,22,30)(H,23,31)(H,24,25,29). The minimum atomic E-state index is -0.690. The van der Waals surface area contributed by atoms with E-state index in [2.05, 4.69) is 30.8 Å². The number of benzene rings is 1. The third kappa shape index (κ3) is 5.60. The van der Waals surface area contributed by atoms with Gasteiger partial charge in [0.05, 0.1) is 12.2 Å². The zero-order chi connectivity index (χ0) is 23.3. The van der Waals surface area contributed by atoms with Crippen molar-refractivity contribution in [3.63, 3.8) is 0 Å². The van der Waals surface area contributed by atoms with Crippen LogP contribution in [0, 0.1) is 12.7 Å². The van der Waals surface area contributed by atoms with Crippen LogP contribution >= 0.6 is 0 Å². The molecule has 4 N–H and O–H groups in total. The fourth-order valence-electron chi connectivity index (χ4n) is 2.86. The van der Waals surface area contributed by atoms with Gasteiger partial charge >= 0.3 is 11.8 Å². The van der Waals surface area contributed by atoms with Gasteiger partial charge in [0.25, 0.3) is 11.5 Å². The molecule has 168 valence electrons. The minimum Gasteiger partial charge on any atom is -0.417 e. The largest absolute Gasteiger partial charge is 0.417 e. The number of H-pyrrole nitrogens is 1. The summed E-state index contributed by atoms with van der Waals surface area (Å²) in [5.41, 5.74) is -0.457.